The van der Waals surface area contributed by atoms with Crippen molar-refractivity contribution in [1.82, 2.24) is 0 Å². The lowest BCUT2D eigenvalue weighted by Crippen LogP contribution is -2.42. The fourth-order valence-electron chi connectivity index (χ4n) is 2.48. The molecule has 0 N–H and O–H groups in total. The van der Waals surface area contributed by atoms with Gasteiger partial charge in [-0.2, -0.15) is 0 Å². The zero-order chi connectivity index (χ0) is 10.1. The Morgan fingerprint density at radius 3 is 2.46 bits per heavy atom. The first kappa shape index (κ1) is 10.6. The minimum absolute atomic E-state index is 0.310. The van der Waals surface area contributed by atoms with Crippen LogP contribution in [0.2, 0.25) is 0 Å². The van der Waals surface area contributed by atoms with Gasteiger partial charge in [-0.15, -0.1) is 0 Å². The van der Waals surface area contributed by atoms with E-state index in [0.29, 0.717) is 11.5 Å². The highest BCUT2D eigenvalue weighted by molar-refractivity contribution is 5.00. The van der Waals surface area contributed by atoms with Gasteiger partial charge >= 0.3 is 0 Å². The average Bonchev–Trinajstić information content (AvgIpc) is 2.08. The number of hydrogen-bond acceptors (Lipinski definition) is 1. The molecule has 1 aliphatic heterocycles. The zero-order valence-electron chi connectivity index (χ0n) is 9.39. The van der Waals surface area contributed by atoms with E-state index in [9.17, 15) is 0 Å². The van der Waals surface area contributed by atoms with Crippen molar-refractivity contribution in [3.8, 4) is 0 Å². The molecule has 0 radical (unpaired) electrons. The molecule has 0 aromatic rings. The summed E-state index contributed by atoms with van der Waals surface area (Å²) < 4.78 is 5.79. The Morgan fingerprint density at radius 2 is 2.00 bits per heavy atom. The third-order valence-corrected chi connectivity index (χ3v) is 3.53. The summed E-state index contributed by atoms with van der Waals surface area (Å²) in [6.07, 6.45) is 3.72. The first-order valence-electron chi connectivity index (χ1n) is 5.36. The van der Waals surface area contributed by atoms with Crippen LogP contribution in [-0.2, 0) is 4.74 Å². The lowest BCUT2D eigenvalue weighted by atomic mass is 9.69. The van der Waals surface area contributed by atoms with Gasteiger partial charge < -0.3 is 4.74 Å². The van der Waals surface area contributed by atoms with Gasteiger partial charge in [0.1, 0.15) is 6.10 Å². The van der Waals surface area contributed by atoms with Crippen molar-refractivity contribution in [3.63, 3.8) is 0 Å². The maximum atomic E-state index is 5.79. The summed E-state index contributed by atoms with van der Waals surface area (Å²) in [6.45, 7) is 13.1. The number of hydrogen-bond donors (Lipinski definition) is 0. The van der Waals surface area contributed by atoms with Crippen molar-refractivity contribution in [3.05, 3.63) is 12.3 Å². The van der Waals surface area contributed by atoms with Crippen molar-refractivity contribution in [2.24, 2.45) is 11.3 Å². The predicted octanol–water partition coefficient (Wildman–Crippen LogP) is 3.75. The second kappa shape index (κ2) is 3.73. The van der Waals surface area contributed by atoms with Crippen LogP contribution in [0.25, 0.3) is 0 Å². The van der Waals surface area contributed by atoms with Crippen LogP contribution in [-0.4, -0.2) is 6.10 Å². The molecule has 13 heavy (non-hydrogen) atoms. The first-order chi connectivity index (χ1) is 6.02. The molecular weight excluding hydrogens is 160 g/mol. The molecule has 0 aromatic carbocycles. The van der Waals surface area contributed by atoms with Gasteiger partial charge in [-0.25, -0.2) is 0 Å². The van der Waals surface area contributed by atoms with Crippen molar-refractivity contribution in [1.29, 1.82) is 0 Å². The van der Waals surface area contributed by atoms with Crippen molar-refractivity contribution >= 4 is 0 Å². The molecule has 1 nitrogen and oxygen atoms in total. The molecule has 1 rings (SSSR count). The Hall–Kier alpha value is -0.460. The van der Waals surface area contributed by atoms with Crippen molar-refractivity contribution in [2.75, 3.05) is 0 Å². The van der Waals surface area contributed by atoms with Crippen LogP contribution < -0.4 is 0 Å². The maximum absolute atomic E-state index is 5.79. The van der Waals surface area contributed by atoms with Gasteiger partial charge in [0.2, 0.25) is 0 Å². The van der Waals surface area contributed by atoms with Crippen LogP contribution in [0.3, 0.4) is 0 Å². The van der Waals surface area contributed by atoms with Crippen LogP contribution in [0.1, 0.15) is 47.0 Å². The summed E-state index contributed by atoms with van der Waals surface area (Å²) in [5, 5.41) is 0. The van der Waals surface area contributed by atoms with Crippen molar-refractivity contribution in [2.45, 2.75) is 53.1 Å². The van der Waals surface area contributed by atoms with Gasteiger partial charge in [0.05, 0.1) is 5.76 Å². The van der Waals surface area contributed by atoms with E-state index in [-0.39, 0.29) is 0 Å². The molecule has 2 atom stereocenters. The average molecular weight is 182 g/mol. The summed E-state index contributed by atoms with van der Waals surface area (Å²) in [6, 6.07) is 0. The normalized spacial score (nSPS) is 32.8. The minimum Gasteiger partial charge on any atom is -0.495 e. The number of ether oxygens (including phenoxy) is 1. The predicted molar refractivity (Wildman–Crippen MR) is 56.5 cm³/mol. The Labute approximate surface area is 82.2 Å². The van der Waals surface area contributed by atoms with Crippen molar-refractivity contribution < 1.29 is 4.74 Å². The highest BCUT2D eigenvalue weighted by atomic mass is 16.5. The molecule has 0 saturated carbocycles. The third kappa shape index (κ3) is 1.90. The van der Waals surface area contributed by atoms with Crippen LogP contribution in [0, 0.1) is 11.3 Å². The molecule has 1 aliphatic rings. The summed E-state index contributed by atoms with van der Waals surface area (Å²) in [4.78, 5) is 0. The van der Waals surface area contributed by atoms with Gasteiger partial charge in [-0.1, -0.05) is 40.7 Å². The highest BCUT2D eigenvalue weighted by Gasteiger charge is 2.41. The lowest BCUT2D eigenvalue weighted by Gasteiger charge is -2.45. The van der Waals surface area contributed by atoms with E-state index >= 15 is 0 Å². The standard InChI is InChI=1S/C12H22O/c1-6-10-8-9(3)13-11(7-2)12(10,4)5/h10-11H,3,6-8H2,1-2,4-5H3. The van der Waals surface area contributed by atoms with Crippen LogP contribution in [0.4, 0.5) is 0 Å². The largest absolute Gasteiger partial charge is 0.495 e. The maximum Gasteiger partial charge on any atom is 0.103 e. The molecule has 0 aliphatic carbocycles. The van der Waals surface area contributed by atoms with Gasteiger partial charge in [-0.3, -0.25) is 0 Å². The summed E-state index contributed by atoms with van der Waals surface area (Å²) in [7, 11) is 0. The Morgan fingerprint density at radius 1 is 1.38 bits per heavy atom. The first-order valence-corrected chi connectivity index (χ1v) is 5.36. The van der Waals surface area contributed by atoms with E-state index in [1.54, 1.807) is 0 Å². The molecule has 1 fully saturated rings. The monoisotopic (exact) mass is 182 g/mol. The van der Waals surface area contributed by atoms with Crippen LogP contribution in [0.5, 0.6) is 0 Å². The minimum atomic E-state index is 0.310. The third-order valence-electron chi connectivity index (χ3n) is 3.53. The number of allylic oxidation sites excluding steroid dienone is 1. The molecule has 1 saturated heterocycles. The van der Waals surface area contributed by atoms with Gasteiger partial charge in [0, 0.05) is 11.8 Å². The fraction of sp³-hybridized carbons (Fsp3) is 0.833. The molecule has 0 spiro atoms. The molecule has 0 amide bonds. The second-order valence-electron chi connectivity index (χ2n) is 4.68. The molecule has 76 valence electrons. The van der Waals surface area contributed by atoms with E-state index in [2.05, 4.69) is 34.3 Å². The molecular formula is C12H22O. The molecule has 0 bridgehead atoms. The van der Waals surface area contributed by atoms with E-state index < -0.39 is 0 Å². The molecule has 0 aromatic heterocycles. The van der Waals surface area contributed by atoms with Crippen LogP contribution >= 0.6 is 0 Å². The molecule has 2 unspecified atom stereocenters. The quantitative estimate of drug-likeness (QED) is 0.632. The SMILES string of the molecule is C=C1CC(CC)C(C)(C)C(CC)O1. The zero-order valence-corrected chi connectivity index (χ0v) is 9.39. The van der Waals surface area contributed by atoms with E-state index in [1.165, 1.54) is 6.42 Å². The van der Waals surface area contributed by atoms with E-state index in [1.807, 2.05) is 0 Å². The lowest BCUT2D eigenvalue weighted by molar-refractivity contribution is -0.0647. The smallest absolute Gasteiger partial charge is 0.103 e. The summed E-state index contributed by atoms with van der Waals surface area (Å²) in [5.41, 5.74) is 0.310. The summed E-state index contributed by atoms with van der Waals surface area (Å²) >= 11 is 0. The summed E-state index contributed by atoms with van der Waals surface area (Å²) in [5.74, 6) is 1.72. The topological polar surface area (TPSA) is 9.23 Å². The van der Waals surface area contributed by atoms with Gasteiger partial charge in [-0.05, 0) is 12.3 Å². The Balaban J connectivity index is 2.80. The van der Waals surface area contributed by atoms with E-state index in [0.717, 1.165) is 24.5 Å². The Kier molecular flexibility index (Phi) is 3.05. The number of rotatable bonds is 2. The van der Waals surface area contributed by atoms with Crippen LogP contribution in [0.15, 0.2) is 12.3 Å². The second-order valence-corrected chi connectivity index (χ2v) is 4.68. The Bertz CT molecular complexity index is 175. The molecule has 1 heterocycles. The fourth-order valence-corrected chi connectivity index (χ4v) is 2.48. The molecule has 1 heteroatoms. The van der Waals surface area contributed by atoms with E-state index in [4.69, 9.17) is 4.74 Å². The highest BCUT2D eigenvalue weighted by Crippen LogP contribution is 2.44. The van der Waals surface area contributed by atoms with Gasteiger partial charge in [0.25, 0.3) is 0 Å². The van der Waals surface area contributed by atoms with Gasteiger partial charge in [0.15, 0.2) is 0 Å².